The van der Waals surface area contributed by atoms with Crippen molar-refractivity contribution in [2.75, 3.05) is 0 Å². The summed E-state index contributed by atoms with van der Waals surface area (Å²) in [5.41, 5.74) is 2.71. The molecule has 0 spiro atoms. The minimum absolute atomic E-state index is 1.15. The van der Waals surface area contributed by atoms with Crippen LogP contribution in [0.15, 0.2) is 42.6 Å². The van der Waals surface area contributed by atoms with E-state index in [0.717, 1.165) is 6.42 Å². The normalized spacial score (nSPS) is 11.3. The van der Waals surface area contributed by atoms with E-state index >= 15 is 0 Å². The second kappa shape index (κ2) is 3.67. The molecule has 1 heteroatoms. The van der Waals surface area contributed by atoms with Gasteiger partial charge < -0.3 is 4.98 Å². The summed E-state index contributed by atoms with van der Waals surface area (Å²) in [6.07, 6.45) is 4.50. The first-order chi connectivity index (χ1) is 7.90. The maximum atomic E-state index is 3.42. The summed E-state index contributed by atoms with van der Waals surface area (Å²) in [6, 6.07) is 13.0. The van der Waals surface area contributed by atoms with E-state index in [4.69, 9.17) is 0 Å². The van der Waals surface area contributed by atoms with Gasteiger partial charge in [-0.2, -0.15) is 0 Å². The van der Waals surface area contributed by atoms with E-state index in [2.05, 4.69) is 54.5 Å². The summed E-state index contributed by atoms with van der Waals surface area (Å²) in [5, 5.41) is 4.00. The van der Waals surface area contributed by atoms with Crippen LogP contribution in [0.3, 0.4) is 0 Å². The van der Waals surface area contributed by atoms with Gasteiger partial charge in [-0.3, -0.25) is 0 Å². The van der Waals surface area contributed by atoms with Gasteiger partial charge >= 0.3 is 0 Å². The molecule has 1 N–H and O–H groups in total. The molecule has 0 bridgehead atoms. The lowest BCUT2D eigenvalue weighted by Gasteiger charge is -2.00. The van der Waals surface area contributed by atoms with Gasteiger partial charge in [0.05, 0.1) is 5.52 Å². The van der Waals surface area contributed by atoms with E-state index in [0.29, 0.717) is 0 Å². The van der Waals surface area contributed by atoms with Gasteiger partial charge in [0.15, 0.2) is 0 Å². The van der Waals surface area contributed by atoms with Crippen LogP contribution in [0.4, 0.5) is 0 Å². The number of aromatic nitrogens is 1. The van der Waals surface area contributed by atoms with Crippen molar-refractivity contribution in [3.8, 4) is 0 Å². The smallest absolute Gasteiger partial charge is 0.0536 e. The maximum absolute atomic E-state index is 3.42. The van der Waals surface area contributed by atoms with E-state index in [1.54, 1.807) is 0 Å². The summed E-state index contributed by atoms with van der Waals surface area (Å²) in [4.78, 5) is 3.42. The van der Waals surface area contributed by atoms with Crippen molar-refractivity contribution in [2.45, 2.75) is 19.8 Å². The minimum Gasteiger partial charge on any atom is -0.360 e. The van der Waals surface area contributed by atoms with E-state index < -0.39 is 0 Å². The fraction of sp³-hybridized carbons (Fsp3) is 0.200. The Morgan fingerprint density at radius 1 is 1.00 bits per heavy atom. The molecule has 0 atom stereocenters. The fourth-order valence-electron chi connectivity index (χ4n) is 2.41. The lowest BCUT2D eigenvalue weighted by Crippen LogP contribution is -1.79. The van der Waals surface area contributed by atoms with Gasteiger partial charge in [-0.25, -0.2) is 0 Å². The molecule has 0 fully saturated rings. The van der Waals surface area contributed by atoms with Gasteiger partial charge in [0, 0.05) is 17.0 Å². The molecule has 0 saturated carbocycles. The van der Waals surface area contributed by atoms with Crippen LogP contribution in [0.25, 0.3) is 21.7 Å². The first-order valence-electron chi connectivity index (χ1n) is 5.88. The molecule has 80 valence electrons. The number of benzene rings is 2. The predicted molar refractivity (Wildman–Crippen MR) is 69.8 cm³/mol. The van der Waals surface area contributed by atoms with Gasteiger partial charge in [0.25, 0.3) is 0 Å². The number of fused-ring (bicyclic) bond motifs is 3. The zero-order valence-electron chi connectivity index (χ0n) is 9.46. The molecule has 0 saturated heterocycles. The van der Waals surface area contributed by atoms with Crippen molar-refractivity contribution in [3.05, 3.63) is 48.2 Å². The van der Waals surface area contributed by atoms with Crippen LogP contribution in [0, 0.1) is 0 Å². The average molecular weight is 209 g/mol. The molecule has 0 radical (unpaired) electrons. The highest BCUT2D eigenvalue weighted by atomic mass is 14.7. The van der Waals surface area contributed by atoms with Crippen molar-refractivity contribution in [3.63, 3.8) is 0 Å². The highest BCUT2D eigenvalue weighted by Crippen LogP contribution is 2.27. The molecule has 3 aromatic rings. The quantitative estimate of drug-likeness (QED) is 0.648. The summed E-state index contributed by atoms with van der Waals surface area (Å²) in [7, 11) is 0. The standard InChI is InChI=1S/C15H15N/c1-2-5-12-10-16-15-13-7-4-3-6-11(13)8-9-14(12)15/h3-4,6-10,16H,2,5H2,1H3. The van der Waals surface area contributed by atoms with Crippen LogP contribution < -0.4 is 0 Å². The van der Waals surface area contributed by atoms with Crippen molar-refractivity contribution in [2.24, 2.45) is 0 Å². The van der Waals surface area contributed by atoms with Gasteiger partial charge in [0.2, 0.25) is 0 Å². The average Bonchev–Trinajstić information content (AvgIpc) is 2.73. The van der Waals surface area contributed by atoms with Crippen LogP contribution in [-0.4, -0.2) is 4.98 Å². The Morgan fingerprint density at radius 3 is 2.75 bits per heavy atom. The zero-order valence-corrected chi connectivity index (χ0v) is 9.46. The van der Waals surface area contributed by atoms with Gasteiger partial charge in [0.1, 0.15) is 0 Å². The molecular formula is C15H15N. The Hall–Kier alpha value is -1.76. The molecule has 1 nitrogen and oxygen atoms in total. The summed E-state index contributed by atoms with van der Waals surface area (Å²) in [5.74, 6) is 0. The Kier molecular flexibility index (Phi) is 2.17. The third kappa shape index (κ3) is 1.32. The van der Waals surface area contributed by atoms with Crippen LogP contribution in [0.1, 0.15) is 18.9 Å². The Balaban J connectivity index is 2.36. The topological polar surface area (TPSA) is 15.8 Å². The second-order valence-electron chi connectivity index (χ2n) is 4.27. The number of hydrogen-bond acceptors (Lipinski definition) is 0. The lowest BCUT2D eigenvalue weighted by molar-refractivity contribution is 0.929. The third-order valence-corrected chi connectivity index (χ3v) is 3.19. The lowest BCUT2D eigenvalue weighted by atomic mass is 10.0. The Labute approximate surface area is 95.1 Å². The van der Waals surface area contributed by atoms with Crippen LogP contribution >= 0.6 is 0 Å². The molecule has 2 aromatic carbocycles. The van der Waals surface area contributed by atoms with Crippen molar-refractivity contribution in [1.82, 2.24) is 4.98 Å². The van der Waals surface area contributed by atoms with Crippen LogP contribution in [0.2, 0.25) is 0 Å². The highest BCUT2D eigenvalue weighted by Gasteiger charge is 2.05. The fourth-order valence-corrected chi connectivity index (χ4v) is 2.41. The number of rotatable bonds is 2. The maximum Gasteiger partial charge on any atom is 0.0536 e. The molecule has 1 aromatic heterocycles. The number of hydrogen-bond donors (Lipinski definition) is 1. The predicted octanol–water partition coefficient (Wildman–Crippen LogP) is 4.27. The van der Waals surface area contributed by atoms with Gasteiger partial charge in [-0.05, 0) is 17.4 Å². The number of aromatic amines is 1. The SMILES string of the molecule is CCCc1c[nH]c2c1ccc1ccccc12. The first kappa shape index (κ1) is 9.46. The van der Waals surface area contributed by atoms with E-state index in [-0.39, 0.29) is 0 Å². The number of nitrogens with one attached hydrogen (secondary N) is 1. The Bertz CT molecular complexity index is 634. The van der Waals surface area contributed by atoms with E-state index in [9.17, 15) is 0 Å². The molecule has 16 heavy (non-hydrogen) atoms. The van der Waals surface area contributed by atoms with Crippen molar-refractivity contribution in [1.29, 1.82) is 0 Å². The number of H-pyrrole nitrogens is 1. The molecule has 0 aliphatic heterocycles. The molecule has 3 rings (SSSR count). The van der Waals surface area contributed by atoms with Crippen molar-refractivity contribution < 1.29 is 0 Å². The zero-order chi connectivity index (χ0) is 11.0. The number of aryl methyl sites for hydroxylation is 1. The van der Waals surface area contributed by atoms with E-state index in [1.165, 1.54) is 33.7 Å². The molecule has 0 aliphatic rings. The summed E-state index contributed by atoms with van der Waals surface area (Å²) < 4.78 is 0. The third-order valence-electron chi connectivity index (χ3n) is 3.19. The Morgan fingerprint density at radius 2 is 1.88 bits per heavy atom. The monoisotopic (exact) mass is 209 g/mol. The first-order valence-corrected chi connectivity index (χ1v) is 5.88. The van der Waals surface area contributed by atoms with Crippen LogP contribution in [-0.2, 0) is 6.42 Å². The molecule has 0 amide bonds. The largest absolute Gasteiger partial charge is 0.360 e. The second-order valence-corrected chi connectivity index (χ2v) is 4.27. The van der Waals surface area contributed by atoms with Gasteiger partial charge in [-0.15, -0.1) is 0 Å². The molecule has 0 unspecified atom stereocenters. The van der Waals surface area contributed by atoms with Crippen molar-refractivity contribution >= 4 is 21.7 Å². The summed E-state index contributed by atoms with van der Waals surface area (Å²) >= 11 is 0. The molecule has 1 heterocycles. The molecular weight excluding hydrogens is 194 g/mol. The molecule has 0 aliphatic carbocycles. The highest BCUT2D eigenvalue weighted by molar-refractivity contribution is 6.06. The van der Waals surface area contributed by atoms with Gasteiger partial charge in [-0.1, -0.05) is 49.7 Å². The van der Waals surface area contributed by atoms with E-state index in [1.807, 2.05) is 0 Å². The summed E-state index contributed by atoms with van der Waals surface area (Å²) in [6.45, 7) is 2.22. The minimum atomic E-state index is 1.15. The van der Waals surface area contributed by atoms with Crippen LogP contribution in [0.5, 0.6) is 0 Å².